The van der Waals surface area contributed by atoms with Crippen LogP contribution in [0.1, 0.15) is 36.8 Å². The minimum atomic E-state index is 0.665. The van der Waals surface area contributed by atoms with Crippen LogP contribution in [0.5, 0.6) is 0 Å². The molecule has 1 saturated heterocycles. The van der Waals surface area contributed by atoms with Gasteiger partial charge >= 0.3 is 0 Å². The van der Waals surface area contributed by atoms with Gasteiger partial charge in [-0.2, -0.15) is 5.10 Å². The van der Waals surface area contributed by atoms with Crippen molar-refractivity contribution in [3.63, 3.8) is 0 Å². The molecule has 0 unspecified atom stereocenters. The third-order valence-corrected chi connectivity index (χ3v) is 5.39. The summed E-state index contributed by atoms with van der Waals surface area (Å²) in [6.07, 6.45) is 9.37. The molecule has 2 aromatic rings. The molecule has 1 N–H and O–H groups in total. The van der Waals surface area contributed by atoms with Gasteiger partial charge in [0.25, 0.3) is 0 Å². The second-order valence-corrected chi connectivity index (χ2v) is 7.37. The lowest BCUT2D eigenvalue weighted by Crippen LogP contribution is -2.42. The molecular weight excluding hydrogens is 296 g/mol. The summed E-state index contributed by atoms with van der Waals surface area (Å²) in [7, 11) is 0. The van der Waals surface area contributed by atoms with Crippen molar-refractivity contribution in [3.8, 4) is 0 Å². The lowest BCUT2D eigenvalue weighted by Gasteiger charge is -2.32. The fourth-order valence-corrected chi connectivity index (χ4v) is 3.69. The molecule has 0 atom stereocenters. The van der Waals surface area contributed by atoms with Gasteiger partial charge < -0.3 is 10.2 Å². The zero-order valence-corrected chi connectivity index (χ0v) is 14.4. The summed E-state index contributed by atoms with van der Waals surface area (Å²) in [6.45, 7) is 5.70. The Balaban J connectivity index is 1.28. The third-order valence-electron chi connectivity index (χ3n) is 5.39. The van der Waals surface area contributed by atoms with Crippen molar-refractivity contribution in [2.75, 3.05) is 19.6 Å². The van der Waals surface area contributed by atoms with E-state index in [0.717, 1.165) is 19.0 Å². The highest BCUT2D eigenvalue weighted by Crippen LogP contribution is 2.30. The SMILES string of the molecule is c1ccc(Cn2cccn2)c(CNC2CCN(CC3CC3)CC2)c1. The van der Waals surface area contributed by atoms with Crippen molar-refractivity contribution in [3.05, 3.63) is 53.9 Å². The van der Waals surface area contributed by atoms with E-state index in [4.69, 9.17) is 0 Å². The Kier molecular flexibility index (Phi) is 4.95. The number of piperidine rings is 1. The average molecular weight is 324 g/mol. The van der Waals surface area contributed by atoms with Crippen LogP contribution in [-0.4, -0.2) is 40.4 Å². The molecule has 4 rings (SSSR count). The van der Waals surface area contributed by atoms with Gasteiger partial charge in [-0.1, -0.05) is 24.3 Å². The number of nitrogens with one attached hydrogen (secondary N) is 1. The third kappa shape index (κ3) is 4.25. The Morgan fingerprint density at radius 2 is 1.79 bits per heavy atom. The number of aromatic nitrogens is 2. The minimum Gasteiger partial charge on any atom is -0.310 e. The first-order valence-corrected chi connectivity index (χ1v) is 9.37. The molecule has 24 heavy (non-hydrogen) atoms. The van der Waals surface area contributed by atoms with E-state index in [-0.39, 0.29) is 0 Å². The summed E-state index contributed by atoms with van der Waals surface area (Å²) in [5.74, 6) is 1.02. The predicted octanol–water partition coefficient (Wildman–Crippen LogP) is 2.90. The topological polar surface area (TPSA) is 33.1 Å². The van der Waals surface area contributed by atoms with Gasteiger partial charge in [0.15, 0.2) is 0 Å². The Labute approximate surface area is 144 Å². The number of likely N-dealkylation sites (tertiary alicyclic amines) is 1. The van der Waals surface area contributed by atoms with E-state index < -0.39 is 0 Å². The van der Waals surface area contributed by atoms with Gasteiger partial charge in [0.1, 0.15) is 0 Å². The molecule has 1 aromatic carbocycles. The van der Waals surface area contributed by atoms with Crippen molar-refractivity contribution in [2.24, 2.45) is 5.92 Å². The molecule has 0 radical (unpaired) electrons. The highest BCUT2D eigenvalue weighted by molar-refractivity contribution is 5.27. The summed E-state index contributed by atoms with van der Waals surface area (Å²) in [5, 5.41) is 8.12. The van der Waals surface area contributed by atoms with Gasteiger partial charge in [-0.3, -0.25) is 4.68 Å². The van der Waals surface area contributed by atoms with Gasteiger partial charge in [-0.25, -0.2) is 0 Å². The van der Waals surface area contributed by atoms with Crippen LogP contribution in [0.3, 0.4) is 0 Å². The lowest BCUT2D eigenvalue weighted by atomic mass is 10.0. The van der Waals surface area contributed by atoms with E-state index in [1.54, 1.807) is 0 Å². The molecule has 1 aromatic heterocycles. The normalized spacial score (nSPS) is 19.7. The van der Waals surface area contributed by atoms with E-state index in [0.29, 0.717) is 6.04 Å². The monoisotopic (exact) mass is 324 g/mol. The van der Waals surface area contributed by atoms with Crippen molar-refractivity contribution >= 4 is 0 Å². The van der Waals surface area contributed by atoms with Crippen molar-refractivity contribution in [1.82, 2.24) is 20.0 Å². The first kappa shape index (κ1) is 15.9. The molecule has 0 amide bonds. The number of benzene rings is 1. The molecular formula is C20H28N4. The van der Waals surface area contributed by atoms with Crippen molar-refractivity contribution in [2.45, 2.75) is 44.8 Å². The fourth-order valence-electron chi connectivity index (χ4n) is 3.69. The van der Waals surface area contributed by atoms with Crippen LogP contribution in [0.15, 0.2) is 42.7 Å². The maximum absolute atomic E-state index is 4.33. The van der Waals surface area contributed by atoms with Crippen LogP contribution in [0.4, 0.5) is 0 Å². The summed E-state index contributed by atoms with van der Waals surface area (Å²) in [6, 6.07) is 11.4. The van der Waals surface area contributed by atoms with Crippen LogP contribution in [0.25, 0.3) is 0 Å². The molecule has 4 nitrogen and oxygen atoms in total. The van der Waals surface area contributed by atoms with Crippen LogP contribution in [0.2, 0.25) is 0 Å². The number of rotatable bonds is 7. The fraction of sp³-hybridized carbons (Fsp3) is 0.550. The second kappa shape index (κ2) is 7.49. The van der Waals surface area contributed by atoms with Crippen LogP contribution < -0.4 is 5.32 Å². The smallest absolute Gasteiger partial charge is 0.0662 e. The molecule has 2 aliphatic rings. The van der Waals surface area contributed by atoms with Crippen molar-refractivity contribution < 1.29 is 0 Å². The molecule has 1 aliphatic carbocycles. The largest absolute Gasteiger partial charge is 0.310 e. The number of nitrogens with zero attached hydrogens (tertiary/aromatic N) is 3. The summed E-state index contributed by atoms with van der Waals surface area (Å²) in [4.78, 5) is 2.67. The van der Waals surface area contributed by atoms with Crippen molar-refractivity contribution in [1.29, 1.82) is 0 Å². The Morgan fingerprint density at radius 1 is 1.00 bits per heavy atom. The first-order valence-electron chi connectivity index (χ1n) is 9.37. The molecule has 2 heterocycles. The van der Waals surface area contributed by atoms with E-state index in [2.05, 4.69) is 39.6 Å². The first-order chi connectivity index (χ1) is 11.9. The van der Waals surface area contributed by atoms with Crippen LogP contribution in [-0.2, 0) is 13.1 Å². The van der Waals surface area contributed by atoms with Gasteiger partial charge in [-0.05, 0) is 61.9 Å². The van der Waals surface area contributed by atoms with Gasteiger partial charge in [0.05, 0.1) is 6.54 Å². The summed E-state index contributed by atoms with van der Waals surface area (Å²) < 4.78 is 2.00. The van der Waals surface area contributed by atoms with E-state index in [1.165, 1.54) is 56.4 Å². The van der Waals surface area contributed by atoms with Gasteiger partial charge in [0, 0.05) is 31.5 Å². The standard InChI is InChI=1S/C20H28N4/c1-2-5-19(16-24-11-3-10-22-24)18(4-1)14-21-20-8-12-23(13-9-20)15-17-6-7-17/h1-5,10-11,17,20-21H,6-9,12-16H2. The molecule has 4 heteroatoms. The summed E-state index contributed by atoms with van der Waals surface area (Å²) in [5.41, 5.74) is 2.76. The molecule has 1 aliphatic heterocycles. The highest BCUT2D eigenvalue weighted by atomic mass is 15.3. The Morgan fingerprint density at radius 3 is 2.50 bits per heavy atom. The predicted molar refractivity (Wildman–Crippen MR) is 96.8 cm³/mol. The second-order valence-electron chi connectivity index (χ2n) is 7.37. The molecule has 128 valence electrons. The van der Waals surface area contributed by atoms with E-state index in [9.17, 15) is 0 Å². The minimum absolute atomic E-state index is 0.665. The quantitative estimate of drug-likeness (QED) is 0.850. The number of hydrogen-bond donors (Lipinski definition) is 1. The molecule has 1 saturated carbocycles. The van der Waals surface area contributed by atoms with Gasteiger partial charge in [0.2, 0.25) is 0 Å². The Hall–Kier alpha value is -1.65. The molecule has 0 bridgehead atoms. The highest BCUT2D eigenvalue weighted by Gasteiger charge is 2.26. The maximum Gasteiger partial charge on any atom is 0.0662 e. The van der Waals surface area contributed by atoms with E-state index in [1.807, 2.05) is 23.1 Å². The number of hydrogen-bond acceptors (Lipinski definition) is 3. The summed E-state index contributed by atoms with van der Waals surface area (Å²) >= 11 is 0. The van der Waals surface area contributed by atoms with Crippen LogP contribution >= 0.6 is 0 Å². The van der Waals surface area contributed by atoms with Crippen LogP contribution in [0, 0.1) is 5.92 Å². The zero-order valence-electron chi connectivity index (χ0n) is 14.4. The Bertz CT molecular complexity index is 625. The van der Waals surface area contributed by atoms with Gasteiger partial charge in [-0.15, -0.1) is 0 Å². The maximum atomic E-state index is 4.33. The lowest BCUT2D eigenvalue weighted by molar-refractivity contribution is 0.190. The average Bonchev–Trinajstić information content (AvgIpc) is 3.28. The molecule has 2 fully saturated rings. The molecule has 0 spiro atoms. The van der Waals surface area contributed by atoms with E-state index >= 15 is 0 Å². The zero-order chi connectivity index (χ0) is 16.2.